The third kappa shape index (κ3) is 3.83. The fraction of sp³-hybridized carbons (Fsp3) is 0.0667. The van der Waals surface area contributed by atoms with Crippen molar-refractivity contribution in [2.24, 2.45) is 5.73 Å². The minimum absolute atomic E-state index is 0.200. The largest absolute Gasteiger partial charge is 0.366 e. The fourth-order valence-electron chi connectivity index (χ4n) is 1.86. The number of rotatable bonds is 3. The highest BCUT2D eigenvalue weighted by Crippen LogP contribution is 2.22. The van der Waals surface area contributed by atoms with Gasteiger partial charge in [-0.25, -0.2) is 0 Å². The first-order chi connectivity index (χ1) is 9.86. The van der Waals surface area contributed by atoms with Gasteiger partial charge in [0, 0.05) is 15.7 Å². The monoisotopic (exact) mass is 366 g/mol. The molecule has 0 bridgehead atoms. The minimum atomic E-state index is -0.611. The Bertz CT molecular complexity index is 711. The van der Waals surface area contributed by atoms with Crippen LogP contribution in [0.5, 0.6) is 0 Å². The molecule has 0 atom stereocenters. The van der Waals surface area contributed by atoms with E-state index in [2.05, 4.69) is 21.2 Å². The quantitative estimate of drug-likeness (QED) is 0.867. The predicted octanol–water partition coefficient (Wildman–Crippen LogP) is 3.76. The van der Waals surface area contributed by atoms with Crippen LogP contribution in [0.4, 0.5) is 5.69 Å². The van der Waals surface area contributed by atoms with Crippen molar-refractivity contribution in [3.8, 4) is 0 Å². The van der Waals surface area contributed by atoms with E-state index in [-0.39, 0.29) is 16.5 Å². The molecule has 0 aromatic heterocycles. The molecule has 0 heterocycles. The molecule has 0 fully saturated rings. The number of hydrogen-bond donors (Lipinski definition) is 2. The van der Waals surface area contributed by atoms with Crippen LogP contribution in [0.25, 0.3) is 0 Å². The van der Waals surface area contributed by atoms with Crippen molar-refractivity contribution in [3.63, 3.8) is 0 Å². The molecule has 0 aliphatic carbocycles. The summed E-state index contributed by atoms with van der Waals surface area (Å²) in [6.07, 6.45) is 0. The number of halogens is 2. The summed E-state index contributed by atoms with van der Waals surface area (Å²) in [6.45, 7) is 1.90. The highest BCUT2D eigenvalue weighted by Gasteiger charge is 2.11. The second kappa shape index (κ2) is 6.28. The third-order valence-electron chi connectivity index (χ3n) is 2.80. The number of primary amides is 1. The summed E-state index contributed by atoms with van der Waals surface area (Å²) in [6, 6.07) is 9.96. The lowest BCUT2D eigenvalue weighted by Gasteiger charge is -2.08. The lowest BCUT2D eigenvalue weighted by Crippen LogP contribution is -2.14. The van der Waals surface area contributed by atoms with E-state index < -0.39 is 5.91 Å². The first-order valence-electron chi connectivity index (χ1n) is 6.04. The van der Waals surface area contributed by atoms with Crippen LogP contribution in [0.15, 0.2) is 40.9 Å². The van der Waals surface area contributed by atoms with Crippen LogP contribution in [-0.2, 0) is 0 Å². The van der Waals surface area contributed by atoms with E-state index >= 15 is 0 Å². The molecule has 2 aromatic carbocycles. The van der Waals surface area contributed by atoms with Crippen molar-refractivity contribution in [1.29, 1.82) is 0 Å². The summed E-state index contributed by atoms with van der Waals surface area (Å²) >= 11 is 9.30. The first-order valence-corrected chi connectivity index (χ1v) is 7.22. The number of aryl methyl sites for hydroxylation is 1. The lowest BCUT2D eigenvalue weighted by molar-refractivity contribution is 0.0998. The van der Waals surface area contributed by atoms with Crippen LogP contribution >= 0.6 is 27.5 Å². The second-order valence-corrected chi connectivity index (χ2v) is 5.85. The van der Waals surface area contributed by atoms with E-state index in [0.29, 0.717) is 11.3 Å². The Hall–Kier alpha value is -1.85. The zero-order valence-corrected chi connectivity index (χ0v) is 13.5. The van der Waals surface area contributed by atoms with E-state index in [1.165, 1.54) is 12.1 Å². The van der Waals surface area contributed by atoms with Gasteiger partial charge in [0.25, 0.3) is 5.91 Å². The SMILES string of the molecule is Cc1cc(Br)cc(C(=O)Nc2ccc(C(N)=O)c(Cl)c2)c1. The molecule has 0 saturated carbocycles. The molecular formula is C15H12BrClN2O2. The van der Waals surface area contributed by atoms with Gasteiger partial charge in [-0.15, -0.1) is 0 Å². The Labute approximate surface area is 135 Å². The molecule has 2 amide bonds. The Kier molecular flexibility index (Phi) is 4.65. The van der Waals surface area contributed by atoms with Crippen molar-refractivity contribution < 1.29 is 9.59 Å². The number of amides is 2. The topological polar surface area (TPSA) is 72.2 Å². The molecule has 0 aliphatic heterocycles. The van der Waals surface area contributed by atoms with Crippen LogP contribution in [-0.4, -0.2) is 11.8 Å². The van der Waals surface area contributed by atoms with Gasteiger partial charge in [-0.05, 0) is 48.9 Å². The van der Waals surface area contributed by atoms with Gasteiger partial charge >= 0.3 is 0 Å². The van der Waals surface area contributed by atoms with Gasteiger partial charge in [-0.3, -0.25) is 9.59 Å². The van der Waals surface area contributed by atoms with Gasteiger partial charge in [-0.2, -0.15) is 0 Å². The molecule has 3 N–H and O–H groups in total. The van der Waals surface area contributed by atoms with Crippen molar-refractivity contribution in [2.45, 2.75) is 6.92 Å². The van der Waals surface area contributed by atoms with Crippen molar-refractivity contribution >= 4 is 45.0 Å². The molecule has 0 radical (unpaired) electrons. The highest BCUT2D eigenvalue weighted by molar-refractivity contribution is 9.10. The molecule has 21 heavy (non-hydrogen) atoms. The van der Waals surface area contributed by atoms with Gasteiger partial charge in [-0.1, -0.05) is 27.5 Å². The molecule has 2 aromatic rings. The Morgan fingerprint density at radius 2 is 1.90 bits per heavy atom. The number of hydrogen-bond acceptors (Lipinski definition) is 2. The number of nitrogens with two attached hydrogens (primary N) is 1. The van der Waals surface area contributed by atoms with Gasteiger partial charge in [0.15, 0.2) is 0 Å². The van der Waals surface area contributed by atoms with E-state index in [4.69, 9.17) is 17.3 Å². The Morgan fingerprint density at radius 1 is 1.19 bits per heavy atom. The lowest BCUT2D eigenvalue weighted by atomic mass is 10.1. The molecule has 4 nitrogen and oxygen atoms in total. The summed E-state index contributed by atoms with van der Waals surface area (Å²) in [5.74, 6) is -0.872. The Morgan fingerprint density at radius 3 is 2.48 bits per heavy atom. The molecule has 2 rings (SSSR count). The van der Waals surface area contributed by atoms with Gasteiger partial charge in [0.05, 0.1) is 10.6 Å². The number of carbonyl (C=O) groups is 2. The summed E-state index contributed by atoms with van der Waals surface area (Å²) in [5, 5.41) is 2.92. The molecule has 6 heteroatoms. The number of benzene rings is 2. The summed E-state index contributed by atoms with van der Waals surface area (Å²) < 4.78 is 0.828. The van der Waals surface area contributed by atoms with Crippen molar-refractivity contribution in [3.05, 3.63) is 62.6 Å². The predicted molar refractivity (Wildman–Crippen MR) is 86.8 cm³/mol. The van der Waals surface area contributed by atoms with Gasteiger partial charge < -0.3 is 11.1 Å². The number of carbonyl (C=O) groups excluding carboxylic acids is 2. The summed E-state index contributed by atoms with van der Waals surface area (Å²) in [7, 11) is 0. The minimum Gasteiger partial charge on any atom is -0.366 e. The maximum absolute atomic E-state index is 12.2. The molecular weight excluding hydrogens is 356 g/mol. The van der Waals surface area contributed by atoms with E-state index in [1.807, 2.05) is 13.0 Å². The zero-order chi connectivity index (χ0) is 15.6. The van der Waals surface area contributed by atoms with Crippen LogP contribution in [0.3, 0.4) is 0 Å². The summed E-state index contributed by atoms with van der Waals surface area (Å²) in [5.41, 5.74) is 7.38. The maximum Gasteiger partial charge on any atom is 0.255 e. The molecule has 0 aliphatic rings. The fourth-order valence-corrected chi connectivity index (χ4v) is 2.74. The normalized spacial score (nSPS) is 10.2. The highest BCUT2D eigenvalue weighted by atomic mass is 79.9. The van der Waals surface area contributed by atoms with Gasteiger partial charge in [0.2, 0.25) is 5.91 Å². The standard InChI is InChI=1S/C15H12BrClN2O2/c1-8-4-9(6-10(16)5-8)15(21)19-11-2-3-12(14(18)20)13(17)7-11/h2-7H,1H3,(H2,18,20)(H,19,21). The Balaban J connectivity index is 2.23. The zero-order valence-electron chi connectivity index (χ0n) is 11.1. The van der Waals surface area contributed by atoms with E-state index in [1.54, 1.807) is 18.2 Å². The molecule has 0 saturated heterocycles. The summed E-state index contributed by atoms with van der Waals surface area (Å²) in [4.78, 5) is 23.3. The smallest absolute Gasteiger partial charge is 0.255 e. The molecule has 0 unspecified atom stereocenters. The second-order valence-electron chi connectivity index (χ2n) is 4.53. The van der Waals surface area contributed by atoms with Crippen LogP contribution < -0.4 is 11.1 Å². The first kappa shape index (κ1) is 15.5. The average molecular weight is 368 g/mol. The third-order valence-corrected chi connectivity index (χ3v) is 3.57. The van der Waals surface area contributed by atoms with Crippen molar-refractivity contribution in [2.75, 3.05) is 5.32 Å². The maximum atomic E-state index is 12.2. The molecule has 108 valence electrons. The molecule has 0 spiro atoms. The van der Waals surface area contributed by atoms with Crippen LogP contribution in [0.2, 0.25) is 5.02 Å². The van der Waals surface area contributed by atoms with Crippen LogP contribution in [0, 0.1) is 6.92 Å². The van der Waals surface area contributed by atoms with E-state index in [9.17, 15) is 9.59 Å². The number of anilines is 1. The van der Waals surface area contributed by atoms with Crippen LogP contribution in [0.1, 0.15) is 26.3 Å². The van der Waals surface area contributed by atoms with E-state index in [0.717, 1.165) is 10.0 Å². The van der Waals surface area contributed by atoms with Gasteiger partial charge in [0.1, 0.15) is 0 Å². The number of nitrogens with one attached hydrogen (secondary N) is 1. The average Bonchev–Trinajstić information content (AvgIpc) is 2.37. The van der Waals surface area contributed by atoms with Crippen molar-refractivity contribution in [1.82, 2.24) is 0 Å².